The lowest BCUT2D eigenvalue weighted by Gasteiger charge is -2.35. The van der Waals surface area contributed by atoms with Crippen LogP contribution < -0.4 is 27.8 Å². The van der Waals surface area contributed by atoms with Crippen LogP contribution in [0.4, 0.5) is 18.9 Å². The molecule has 3 atom stereocenters. The number of para-hydroxylation sites is 1. The highest BCUT2D eigenvalue weighted by atomic mass is 19.4. The van der Waals surface area contributed by atoms with Crippen molar-refractivity contribution in [3.8, 4) is 0 Å². The van der Waals surface area contributed by atoms with Crippen molar-refractivity contribution in [3.63, 3.8) is 0 Å². The Morgan fingerprint density at radius 1 is 0.977 bits per heavy atom. The first-order valence-corrected chi connectivity index (χ1v) is 14.1. The molecule has 10 nitrogen and oxygen atoms in total. The number of carbonyl (C=O) groups is 2. The standard InChI is InChI=1S/C30H40F3N7O3/c1-29(43,21-9-11-22(12-10-21)30(31,32)33)26(28(42)38-23-18-20-6-3-4-8-25(20)37-19-23)39-27(41)24(36)7-5-15-40(2,16-13-34)17-14-35/h3-4,6,8-12,18-19,24,26,43H,5,7,13-17,34-36H2,1-2H3,(H-,38,39,41,42)/p+1/t24-,26+,29+/m0/s1. The van der Waals surface area contributed by atoms with Crippen molar-refractivity contribution in [2.45, 2.75) is 43.6 Å². The fourth-order valence-electron chi connectivity index (χ4n) is 5.01. The van der Waals surface area contributed by atoms with E-state index in [2.05, 4.69) is 15.6 Å². The van der Waals surface area contributed by atoms with Crippen LogP contribution in [0.1, 0.15) is 30.9 Å². The molecule has 0 radical (unpaired) electrons. The molecule has 0 saturated carbocycles. The molecule has 0 aliphatic heterocycles. The van der Waals surface area contributed by atoms with E-state index in [4.69, 9.17) is 17.2 Å². The van der Waals surface area contributed by atoms with Crippen LogP contribution >= 0.6 is 0 Å². The molecule has 2 amide bonds. The zero-order valence-corrected chi connectivity index (χ0v) is 24.4. The SMILES string of the molecule is C[C@@](O)(c1ccc(C(F)(F)F)cc1)[C@H](NC(=O)[C@@H](N)CCC[N+](C)(CCN)CCN)C(=O)Nc1cnc2ccccc2c1. The van der Waals surface area contributed by atoms with Crippen LogP contribution in [0, 0.1) is 0 Å². The first-order valence-electron chi connectivity index (χ1n) is 14.1. The Kier molecular flexibility index (Phi) is 11.2. The van der Waals surface area contributed by atoms with Gasteiger partial charge >= 0.3 is 6.18 Å². The number of hydrogen-bond acceptors (Lipinski definition) is 7. The minimum absolute atomic E-state index is 0.0113. The molecule has 9 N–H and O–H groups in total. The highest BCUT2D eigenvalue weighted by molar-refractivity contribution is 5.99. The van der Waals surface area contributed by atoms with Crippen molar-refractivity contribution in [1.82, 2.24) is 10.3 Å². The van der Waals surface area contributed by atoms with E-state index in [0.717, 1.165) is 29.7 Å². The van der Waals surface area contributed by atoms with Crippen LogP contribution in [-0.4, -0.2) is 78.2 Å². The molecule has 0 saturated heterocycles. The summed E-state index contributed by atoms with van der Waals surface area (Å²) in [5.74, 6) is -1.51. The minimum Gasteiger partial charge on any atom is -0.383 e. The van der Waals surface area contributed by atoms with Crippen LogP contribution in [-0.2, 0) is 21.4 Å². The van der Waals surface area contributed by atoms with Gasteiger partial charge < -0.3 is 37.4 Å². The zero-order chi connectivity index (χ0) is 31.8. The Hall–Kier alpha value is -3.62. The highest BCUT2D eigenvalue weighted by Gasteiger charge is 2.41. The van der Waals surface area contributed by atoms with Crippen molar-refractivity contribution < 1.29 is 32.3 Å². The number of anilines is 1. The van der Waals surface area contributed by atoms with Crippen LogP contribution in [0.3, 0.4) is 0 Å². The van der Waals surface area contributed by atoms with Crippen molar-refractivity contribution in [3.05, 3.63) is 71.9 Å². The number of nitrogens with one attached hydrogen (secondary N) is 2. The molecule has 0 unspecified atom stereocenters. The van der Waals surface area contributed by atoms with Gasteiger partial charge in [-0.1, -0.05) is 30.3 Å². The smallest absolute Gasteiger partial charge is 0.383 e. The molecule has 234 valence electrons. The monoisotopic (exact) mass is 604 g/mol. The third-order valence-electron chi connectivity index (χ3n) is 7.65. The molecule has 43 heavy (non-hydrogen) atoms. The summed E-state index contributed by atoms with van der Waals surface area (Å²) in [5, 5.41) is 17.5. The van der Waals surface area contributed by atoms with Crippen LogP contribution in [0.5, 0.6) is 0 Å². The number of amides is 2. The Labute approximate surface area is 249 Å². The predicted octanol–water partition coefficient (Wildman–Crippen LogP) is 2.06. The summed E-state index contributed by atoms with van der Waals surface area (Å²) in [4.78, 5) is 31.1. The van der Waals surface area contributed by atoms with E-state index in [1.54, 1.807) is 18.2 Å². The lowest BCUT2D eigenvalue weighted by Crippen LogP contribution is -2.58. The average Bonchev–Trinajstić information content (AvgIpc) is 2.95. The third kappa shape index (κ3) is 8.94. The summed E-state index contributed by atoms with van der Waals surface area (Å²) < 4.78 is 40.1. The Balaban J connectivity index is 1.83. The highest BCUT2D eigenvalue weighted by Crippen LogP contribution is 2.32. The Morgan fingerprint density at radius 3 is 2.19 bits per heavy atom. The molecule has 0 aliphatic carbocycles. The molecular formula is C30H41F3N7O3+. The van der Waals surface area contributed by atoms with E-state index in [-0.39, 0.29) is 12.0 Å². The van der Waals surface area contributed by atoms with E-state index in [1.165, 1.54) is 13.1 Å². The van der Waals surface area contributed by atoms with Gasteiger partial charge in [-0.05, 0) is 49.6 Å². The molecule has 2 aromatic carbocycles. The molecule has 0 bridgehead atoms. The summed E-state index contributed by atoms with van der Waals surface area (Å²) in [6, 6.07) is 10.0. The maximum atomic E-state index is 13.6. The average molecular weight is 605 g/mol. The van der Waals surface area contributed by atoms with Gasteiger partial charge in [0.1, 0.15) is 11.6 Å². The second kappa shape index (κ2) is 14.2. The Morgan fingerprint density at radius 2 is 1.58 bits per heavy atom. The van der Waals surface area contributed by atoms with E-state index in [0.29, 0.717) is 54.8 Å². The van der Waals surface area contributed by atoms with Crippen LogP contribution in [0.25, 0.3) is 10.9 Å². The number of nitrogens with zero attached hydrogens (tertiary/aromatic N) is 2. The largest absolute Gasteiger partial charge is 0.416 e. The number of aliphatic hydroxyl groups is 1. The fraction of sp³-hybridized carbons (Fsp3) is 0.433. The molecule has 1 heterocycles. The number of nitrogens with two attached hydrogens (primary N) is 3. The van der Waals surface area contributed by atoms with E-state index in [9.17, 15) is 27.9 Å². The molecule has 0 fully saturated rings. The number of carbonyl (C=O) groups excluding carboxylic acids is 2. The van der Waals surface area contributed by atoms with Crippen molar-refractivity contribution in [2.24, 2.45) is 17.2 Å². The lowest BCUT2D eigenvalue weighted by molar-refractivity contribution is -0.907. The molecule has 0 aliphatic rings. The van der Waals surface area contributed by atoms with Crippen LogP contribution in [0.15, 0.2) is 60.8 Å². The number of pyridine rings is 1. The van der Waals surface area contributed by atoms with Gasteiger partial charge in [0.2, 0.25) is 11.8 Å². The molecule has 1 aromatic heterocycles. The topological polar surface area (TPSA) is 169 Å². The van der Waals surface area contributed by atoms with Crippen molar-refractivity contribution in [1.29, 1.82) is 0 Å². The minimum atomic E-state index is -4.59. The quantitative estimate of drug-likeness (QED) is 0.153. The summed E-state index contributed by atoms with van der Waals surface area (Å²) in [7, 11) is 2.02. The number of alkyl halides is 3. The van der Waals surface area contributed by atoms with Crippen LogP contribution in [0.2, 0.25) is 0 Å². The van der Waals surface area contributed by atoms with E-state index < -0.39 is 41.2 Å². The molecule has 13 heteroatoms. The van der Waals surface area contributed by atoms with Crippen molar-refractivity contribution >= 4 is 28.4 Å². The predicted molar refractivity (Wildman–Crippen MR) is 159 cm³/mol. The number of likely N-dealkylation sites (N-methyl/N-ethyl adjacent to an activating group) is 1. The Bertz CT molecular complexity index is 1380. The van der Waals surface area contributed by atoms with Gasteiger partial charge in [-0.3, -0.25) is 14.6 Å². The second-order valence-electron chi connectivity index (χ2n) is 11.2. The fourth-order valence-corrected chi connectivity index (χ4v) is 5.01. The summed E-state index contributed by atoms with van der Waals surface area (Å²) in [6.07, 6.45) is -2.32. The van der Waals surface area contributed by atoms with Gasteiger partial charge in [-0.2, -0.15) is 13.2 Å². The number of halogens is 3. The number of hydrogen-bond donors (Lipinski definition) is 6. The second-order valence-corrected chi connectivity index (χ2v) is 11.2. The lowest BCUT2D eigenvalue weighted by atomic mass is 9.86. The van der Waals surface area contributed by atoms with Crippen molar-refractivity contribution in [2.75, 3.05) is 45.1 Å². The number of quaternary nitrogens is 1. The van der Waals surface area contributed by atoms with Gasteiger partial charge in [0.15, 0.2) is 0 Å². The van der Waals surface area contributed by atoms with Gasteiger partial charge in [0, 0.05) is 18.5 Å². The summed E-state index contributed by atoms with van der Waals surface area (Å²) >= 11 is 0. The third-order valence-corrected chi connectivity index (χ3v) is 7.65. The van der Waals surface area contributed by atoms with E-state index in [1.807, 2.05) is 19.2 Å². The van der Waals surface area contributed by atoms with Gasteiger partial charge in [0.25, 0.3) is 0 Å². The number of rotatable bonds is 14. The molecular weight excluding hydrogens is 563 g/mol. The van der Waals surface area contributed by atoms with Gasteiger partial charge in [0.05, 0.1) is 55.7 Å². The first kappa shape index (κ1) is 33.9. The van der Waals surface area contributed by atoms with Gasteiger partial charge in [-0.15, -0.1) is 0 Å². The zero-order valence-electron chi connectivity index (χ0n) is 24.4. The maximum absolute atomic E-state index is 13.6. The molecule has 3 aromatic rings. The molecule has 3 rings (SSSR count). The normalized spacial score (nSPS) is 15.0. The number of benzene rings is 2. The number of fused-ring (bicyclic) bond motifs is 1. The maximum Gasteiger partial charge on any atom is 0.416 e. The summed E-state index contributed by atoms with van der Waals surface area (Å²) in [6.45, 7) is 4.29. The first-order chi connectivity index (χ1) is 20.2. The number of aromatic nitrogens is 1. The molecule has 0 spiro atoms. The van der Waals surface area contributed by atoms with Gasteiger partial charge in [-0.25, -0.2) is 0 Å². The van der Waals surface area contributed by atoms with E-state index >= 15 is 0 Å². The summed E-state index contributed by atoms with van der Waals surface area (Å²) in [5.41, 5.74) is 15.6.